The smallest absolute Gasteiger partial charge is 0.207 e. The first-order valence-corrected chi connectivity index (χ1v) is 8.13. The van der Waals surface area contributed by atoms with Crippen molar-refractivity contribution in [1.29, 1.82) is 0 Å². The van der Waals surface area contributed by atoms with Gasteiger partial charge in [-0.2, -0.15) is 4.31 Å². The molecule has 0 bridgehead atoms. The Balaban J connectivity index is 2.25. The fourth-order valence-corrected chi connectivity index (χ4v) is 4.24. The zero-order valence-corrected chi connectivity index (χ0v) is 12.2. The maximum atomic E-state index is 12.9. The van der Waals surface area contributed by atoms with E-state index >= 15 is 0 Å². The second-order valence-corrected chi connectivity index (χ2v) is 7.19. The van der Waals surface area contributed by atoms with Crippen molar-refractivity contribution in [2.45, 2.75) is 38.0 Å². The Hall–Kier alpha value is -0.940. The molecule has 0 spiro atoms. The van der Waals surface area contributed by atoms with E-state index in [0.717, 1.165) is 19.3 Å². The van der Waals surface area contributed by atoms with Crippen LogP contribution in [0.4, 0.5) is 4.39 Å². The van der Waals surface area contributed by atoms with Crippen LogP contribution in [0, 0.1) is 11.2 Å². The summed E-state index contributed by atoms with van der Waals surface area (Å²) in [5.41, 5.74) is 0.104. The van der Waals surface area contributed by atoms with Crippen LogP contribution in [0.1, 0.15) is 33.1 Å². The minimum Gasteiger partial charge on any atom is -0.207 e. The summed E-state index contributed by atoms with van der Waals surface area (Å²) in [6.07, 6.45) is 2.87. The lowest BCUT2D eigenvalue weighted by atomic mass is 9.82. The Bertz CT molecular complexity index is 535. The minimum absolute atomic E-state index is 0.104. The van der Waals surface area contributed by atoms with Crippen LogP contribution < -0.4 is 0 Å². The standard InChI is InChI=1S/C14H20FNO2S/c1-3-14(4-2)9-10-16(11-14)19(17,18)13-7-5-12(15)6-8-13/h5-8H,3-4,9-11H2,1-2H3. The van der Waals surface area contributed by atoms with Crippen molar-refractivity contribution in [3.05, 3.63) is 30.1 Å². The third kappa shape index (κ3) is 2.67. The lowest BCUT2D eigenvalue weighted by Crippen LogP contribution is -2.31. The van der Waals surface area contributed by atoms with Crippen LogP contribution >= 0.6 is 0 Å². The summed E-state index contributed by atoms with van der Waals surface area (Å²) < 4.78 is 39.3. The molecule has 1 heterocycles. The summed E-state index contributed by atoms with van der Waals surface area (Å²) >= 11 is 0. The summed E-state index contributed by atoms with van der Waals surface area (Å²) in [6.45, 7) is 5.34. The number of hydrogen-bond donors (Lipinski definition) is 0. The highest BCUT2D eigenvalue weighted by Gasteiger charge is 2.40. The molecule has 0 atom stereocenters. The average molecular weight is 285 g/mol. The zero-order valence-electron chi connectivity index (χ0n) is 11.4. The molecule has 1 saturated heterocycles. The van der Waals surface area contributed by atoms with Crippen molar-refractivity contribution in [3.63, 3.8) is 0 Å². The molecule has 0 radical (unpaired) electrons. The molecular formula is C14H20FNO2S. The van der Waals surface area contributed by atoms with E-state index in [2.05, 4.69) is 13.8 Å². The molecule has 106 valence electrons. The van der Waals surface area contributed by atoms with Gasteiger partial charge in [0.15, 0.2) is 0 Å². The molecule has 1 aliphatic heterocycles. The highest BCUT2D eigenvalue weighted by atomic mass is 32.2. The van der Waals surface area contributed by atoms with Crippen molar-refractivity contribution in [2.24, 2.45) is 5.41 Å². The van der Waals surface area contributed by atoms with Gasteiger partial charge >= 0.3 is 0 Å². The van der Waals surface area contributed by atoms with Gasteiger partial charge < -0.3 is 0 Å². The monoisotopic (exact) mass is 285 g/mol. The fourth-order valence-electron chi connectivity index (χ4n) is 2.68. The van der Waals surface area contributed by atoms with E-state index in [-0.39, 0.29) is 10.3 Å². The van der Waals surface area contributed by atoms with Gasteiger partial charge in [0.1, 0.15) is 5.82 Å². The maximum absolute atomic E-state index is 12.9. The lowest BCUT2D eigenvalue weighted by Gasteiger charge is -2.26. The molecule has 1 aromatic carbocycles. The van der Waals surface area contributed by atoms with Gasteiger partial charge in [-0.15, -0.1) is 0 Å². The van der Waals surface area contributed by atoms with Gasteiger partial charge in [-0.25, -0.2) is 12.8 Å². The third-order valence-corrected chi connectivity index (χ3v) is 6.21. The third-order valence-electron chi connectivity index (χ3n) is 4.35. The first-order valence-electron chi connectivity index (χ1n) is 6.69. The van der Waals surface area contributed by atoms with Crippen molar-refractivity contribution in [3.8, 4) is 0 Å². The molecule has 0 saturated carbocycles. The van der Waals surface area contributed by atoms with Crippen LogP contribution in [0.3, 0.4) is 0 Å². The van der Waals surface area contributed by atoms with Gasteiger partial charge in [-0.05, 0) is 48.9 Å². The summed E-state index contributed by atoms with van der Waals surface area (Å²) in [5, 5.41) is 0. The molecule has 0 amide bonds. The quantitative estimate of drug-likeness (QED) is 0.852. The molecular weight excluding hydrogens is 265 g/mol. The molecule has 19 heavy (non-hydrogen) atoms. The van der Waals surface area contributed by atoms with E-state index in [0.29, 0.717) is 13.1 Å². The molecule has 1 aromatic rings. The van der Waals surface area contributed by atoms with Crippen molar-refractivity contribution >= 4 is 10.0 Å². The Morgan fingerprint density at radius 2 is 1.79 bits per heavy atom. The van der Waals surface area contributed by atoms with Crippen molar-refractivity contribution < 1.29 is 12.8 Å². The first-order chi connectivity index (χ1) is 8.93. The molecule has 1 fully saturated rings. The fraction of sp³-hybridized carbons (Fsp3) is 0.571. The number of nitrogens with zero attached hydrogens (tertiary/aromatic N) is 1. The van der Waals surface area contributed by atoms with Gasteiger partial charge in [0.05, 0.1) is 4.90 Å². The first kappa shape index (κ1) is 14.5. The number of sulfonamides is 1. The van der Waals surface area contributed by atoms with Gasteiger partial charge in [0, 0.05) is 13.1 Å². The predicted molar refractivity (Wildman–Crippen MR) is 72.8 cm³/mol. The average Bonchev–Trinajstić information content (AvgIpc) is 2.85. The number of hydrogen-bond acceptors (Lipinski definition) is 2. The molecule has 5 heteroatoms. The Kier molecular flexibility index (Phi) is 3.97. The predicted octanol–water partition coefficient (Wildman–Crippen LogP) is 3.03. The van der Waals surface area contributed by atoms with E-state index in [1.807, 2.05) is 0 Å². The van der Waals surface area contributed by atoms with Gasteiger partial charge in [0.25, 0.3) is 0 Å². The van der Waals surface area contributed by atoms with Gasteiger partial charge in [-0.3, -0.25) is 0 Å². The van der Waals surface area contributed by atoms with Gasteiger partial charge in [-0.1, -0.05) is 13.8 Å². The minimum atomic E-state index is -3.48. The molecule has 0 aromatic heterocycles. The Labute approximate surface area is 114 Å². The van der Waals surface area contributed by atoms with Crippen LogP contribution in [0.15, 0.2) is 29.2 Å². The maximum Gasteiger partial charge on any atom is 0.243 e. The molecule has 1 aliphatic rings. The lowest BCUT2D eigenvalue weighted by molar-refractivity contribution is 0.279. The zero-order chi connectivity index (χ0) is 14.1. The largest absolute Gasteiger partial charge is 0.243 e. The molecule has 0 aliphatic carbocycles. The van der Waals surface area contributed by atoms with E-state index < -0.39 is 15.8 Å². The van der Waals surface area contributed by atoms with E-state index in [1.54, 1.807) is 0 Å². The van der Waals surface area contributed by atoms with Crippen molar-refractivity contribution in [2.75, 3.05) is 13.1 Å². The van der Waals surface area contributed by atoms with E-state index in [1.165, 1.54) is 28.6 Å². The summed E-state index contributed by atoms with van der Waals surface area (Å²) in [5.74, 6) is -0.420. The SMILES string of the molecule is CCC1(CC)CCN(S(=O)(=O)c2ccc(F)cc2)C1. The van der Waals surface area contributed by atoms with Crippen LogP contribution in [0.25, 0.3) is 0 Å². The van der Waals surface area contributed by atoms with Crippen LogP contribution in [0.5, 0.6) is 0 Å². The summed E-state index contributed by atoms with van der Waals surface area (Å²) in [4.78, 5) is 0.178. The molecule has 2 rings (SSSR count). The van der Waals surface area contributed by atoms with E-state index in [9.17, 15) is 12.8 Å². The molecule has 0 N–H and O–H groups in total. The molecule has 3 nitrogen and oxygen atoms in total. The van der Waals surface area contributed by atoms with Crippen LogP contribution in [-0.2, 0) is 10.0 Å². The summed E-state index contributed by atoms with van der Waals surface area (Å²) in [7, 11) is -3.48. The van der Waals surface area contributed by atoms with Gasteiger partial charge in [0.2, 0.25) is 10.0 Å². The topological polar surface area (TPSA) is 37.4 Å². The van der Waals surface area contributed by atoms with E-state index in [4.69, 9.17) is 0 Å². The number of rotatable bonds is 4. The van der Waals surface area contributed by atoms with Crippen LogP contribution in [-0.4, -0.2) is 25.8 Å². The second kappa shape index (κ2) is 5.21. The van der Waals surface area contributed by atoms with Crippen molar-refractivity contribution in [1.82, 2.24) is 4.31 Å². The van der Waals surface area contributed by atoms with Crippen LogP contribution in [0.2, 0.25) is 0 Å². The highest BCUT2D eigenvalue weighted by molar-refractivity contribution is 7.89. The molecule has 0 unspecified atom stereocenters. The Morgan fingerprint density at radius 1 is 1.21 bits per heavy atom. The number of benzene rings is 1. The second-order valence-electron chi connectivity index (χ2n) is 5.25. The summed E-state index contributed by atoms with van der Waals surface area (Å²) in [6, 6.07) is 5.05. The normalized spacial score (nSPS) is 19.7. The Morgan fingerprint density at radius 3 is 2.26 bits per heavy atom. The number of halogens is 1. The highest BCUT2D eigenvalue weighted by Crippen LogP contribution is 2.39.